The summed E-state index contributed by atoms with van der Waals surface area (Å²) in [6.45, 7) is 4.37. The van der Waals surface area contributed by atoms with Crippen molar-refractivity contribution in [1.29, 1.82) is 0 Å². The molecule has 0 aliphatic heterocycles. The van der Waals surface area contributed by atoms with Crippen LogP contribution in [0.2, 0.25) is 0 Å². The number of carbonyl (C=O) groups is 1. The van der Waals surface area contributed by atoms with Crippen molar-refractivity contribution in [3.8, 4) is 11.5 Å². The second-order valence-electron chi connectivity index (χ2n) is 6.68. The Labute approximate surface area is 168 Å². The Hall–Kier alpha value is -3.54. The van der Waals surface area contributed by atoms with Gasteiger partial charge in [-0.2, -0.15) is 0 Å². The van der Waals surface area contributed by atoms with E-state index in [-0.39, 0.29) is 0 Å². The molecule has 0 saturated heterocycles. The molecule has 6 heteroatoms. The number of aryl methyl sites for hydroxylation is 1. The average molecular weight is 390 g/mol. The average Bonchev–Trinajstić information content (AvgIpc) is 3.13. The number of methoxy groups -OCH3 is 1. The fourth-order valence-electron chi connectivity index (χ4n) is 3.51. The van der Waals surface area contributed by atoms with Crippen LogP contribution in [0.4, 0.5) is 0 Å². The van der Waals surface area contributed by atoms with Crippen molar-refractivity contribution in [3.05, 3.63) is 65.5 Å². The molecule has 4 rings (SSSR count). The Morgan fingerprint density at radius 2 is 1.93 bits per heavy atom. The fourth-order valence-corrected chi connectivity index (χ4v) is 3.51. The highest BCUT2D eigenvalue weighted by Crippen LogP contribution is 2.36. The van der Waals surface area contributed by atoms with Crippen LogP contribution in [0.15, 0.2) is 48.7 Å². The minimum absolute atomic E-state index is 0.306. The van der Waals surface area contributed by atoms with Crippen molar-refractivity contribution in [2.24, 2.45) is 0 Å². The first-order valence-corrected chi connectivity index (χ1v) is 9.45. The number of aromatic nitrogens is 2. The van der Waals surface area contributed by atoms with Crippen molar-refractivity contribution < 1.29 is 19.0 Å². The summed E-state index contributed by atoms with van der Waals surface area (Å²) < 4.78 is 16.6. The summed E-state index contributed by atoms with van der Waals surface area (Å²) in [6, 6.07) is 13.6. The third-order valence-corrected chi connectivity index (χ3v) is 4.87. The molecule has 0 aliphatic carbocycles. The molecule has 0 atom stereocenters. The summed E-state index contributed by atoms with van der Waals surface area (Å²) >= 11 is 0. The molecule has 29 heavy (non-hydrogen) atoms. The molecule has 2 aromatic heterocycles. The molecular formula is C23H22N2O4. The highest BCUT2D eigenvalue weighted by atomic mass is 16.5. The van der Waals surface area contributed by atoms with Gasteiger partial charge in [-0.1, -0.05) is 18.2 Å². The Kier molecular flexibility index (Phi) is 5.08. The van der Waals surface area contributed by atoms with E-state index in [2.05, 4.69) is 9.97 Å². The number of benzene rings is 2. The summed E-state index contributed by atoms with van der Waals surface area (Å²) in [4.78, 5) is 19.9. The quantitative estimate of drug-likeness (QED) is 0.479. The lowest BCUT2D eigenvalue weighted by atomic mass is 10.1. The Morgan fingerprint density at radius 3 is 2.72 bits per heavy atom. The van der Waals surface area contributed by atoms with Crippen molar-refractivity contribution in [2.45, 2.75) is 20.5 Å². The zero-order valence-corrected chi connectivity index (χ0v) is 16.6. The largest absolute Gasteiger partial charge is 0.497 e. The first-order chi connectivity index (χ1) is 14.1. The minimum Gasteiger partial charge on any atom is -0.497 e. The summed E-state index contributed by atoms with van der Waals surface area (Å²) in [7, 11) is 1.64. The van der Waals surface area contributed by atoms with E-state index in [4.69, 9.17) is 14.2 Å². The number of hydrogen-bond donors (Lipinski definition) is 1. The van der Waals surface area contributed by atoms with Gasteiger partial charge in [0.05, 0.1) is 30.9 Å². The number of H-pyrrole nitrogens is 1. The van der Waals surface area contributed by atoms with Crippen LogP contribution in [-0.2, 0) is 11.3 Å². The smallest absolute Gasteiger partial charge is 0.357 e. The summed E-state index contributed by atoms with van der Waals surface area (Å²) in [5.74, 6) is 1.11. The van der Waals surface area contributed by atoms with Crippen LogP contribution in [0.5, 0.6) is 11.5 Å². The maximum absolute atomic E-state index is 12.3. The van der Waals surface area contributed by atoms with E-state index in [1.807, 2.05) is 49.4 Å². The lowest BCUT2D eigenvalue weighted by Gasteiger charge is -2.10. The molecule has 0 aliphatic rings. The van der Waals surface area contributed by atoms with Crippen LogP contribution < -0.4 is 9.47 Å². The van der Waals surface area contributed by atoms with Gasteiger partial charge in [-0.05, 0) is 49.2 Å². The van der Waals surface area contributed by atoms with Crippen molar-refractivity contribution in [3.63, 3.8) is 0 Å². The molecule has 0 unspecified atom stereocenters. The molecule has 0 fully saturated rings. The van der Waals surface area contributed by atoms with Gasteiger partial charge < -0.3 is 19.2 Å². The molecule has 6 nitrogen and oxygen atoms in total. The number of ether oxygens (including phenoxy) is 3. The van der Waals surface area contributed by atoms with Gasteiger partial charge in [-0.3, -0.25) is 0 Å². The number of hydrogen-bond acceptors (Lipinski definition) is 5. The SMILES string of the molecule is CCOC(=O)c1ncc2[nH]c3cccc(OCc4cccc(OC)c4)c3c2c1C. The van der Waals surface area contributed by atoms with E-state index in [9.17, 15) is 4.79 Å². The molecule has 0 amide bonds. The molecule has 0 spiro atoms. The van der Waals surface area contributed by atoms with Gasteiger partial charge in [-0.15, -0.1) is 0 Å². The lowest BCUT2D eigenvalue weighted by Crippen LogP contribution is -2.09. The molecular weight excluding hydrogens is 368 g/mol. The van der Waals surface area contributed by atoms with Gasteiger partial charge in [0.25, 0.3) is 0 Å². The molecule has 0 bridgehead atoms. The van der Waals surface area contributed by atoms with Crippen molar-refractivity contribution in [1.82, 2.24) is 9.97 Å². The van der Waals surface area contributed by atoms with E-state index in [0.717, 1.165) is 44.4 Å². The second kappa shape index (κ2) is 7.83. The zero-order valence-electron chi connectivity index (χ0n) is 16.6. The number of nitrogens with zero attached hydrogens (tertiary/aromatic N) is 1. The molecule has 1 N–H and O–H groups in total. The third kappa shape index (κ3) is 3.49. The van der Waals surface area contributed by atoms with Gasteiger partial charge in [0.1, 0.15) is 18.1 Å². The summed E-state index contributed by atoms with van der Waals surface area (Å²) in [6.07, 6.45) is 1.67. The summed E-state index contributed by atoms with van der Waals surface area (Å²) in [5, 5.41) is 1.84. The Balaban J connectivity index is 1.78. The maximum Gasteiger partial charge on any atom is 0.357 e. The first-order valence-electron chi connectivity index (χ1n) is 9.45. The molecule has 0 saturated carbocycles. The van der Waals surface area contributed by atoms with Gasteiger partial charge >= 0.3 is 5.97 Å². The molecule has 4 aromatic rings. The highest BCUT2D eigenvalue weighted by Gasteiger charge is 2.19. The van der Waals surface area contributed by atoms with E-state index in [1.165, 1.54) is 0 Å². The standard InChI is InChI=1S/C23H22N2O4/c1-4-28-23(26)22-14(2)20-18(12-24-22)25-17-9-6-10-19(21(17)20)29-13-15-7-5-8-16(11-15)27-3/h5-12,25H,4,13H2,1-3H3. The topological polar surface area (TPSA) is 73.4 Å². The van der Waals surface area contributed by atoms with Crippen LogP contribution >= 0.6 is 0 Å². The van der Waals surface area contributed by atoms with Crippen molar-refractivity contribution >= 4 is 27.8 Å². The van der Waals surface area contributed by atoms with Crippen LogP contribution in [-0.4, -0.2) is 29.7 Å². The van der Waals surface area contributed by atoms with Crippen LogP contribution in [0.3, 0.4) is 0 Å². The second-order valence-corrected chi connectivity index (χ2v) is 6.68. The van der Waals surface area contributed by atoms with Crippen molar-refractivity contribution in [2.75, 3.05) is 13.7 Å². The number of pyridine rings is 1. The first kappa shape index (κ1) is 18.8. The molecule has 0 radical (unpaired) electrons. The Bertz CT molecular complexity index is 1200. The minimum atomic E-state index is -0.420. The van der Waals surface area contributed by atoms with E-state index in [0.29, 0.717) is 18.9 Å². The number of rotatable bonds is 6. The maximum atomic E-state index is 12.3. The number of esters is 1. The molecule has 148 valence electrons. The highest BCUT2D eigenvalue weighted by molar-refractivity contribution is 6.13. The summed E-state index contributed by atoms with van der Waals surface area (Å²) in [5.41, 5.74) is 3.87. The van der Waals surface area contributed by atoms with E-state index >= 15 is 0 Å². The fraction of sp³-hybridized carbons (Fsp3) is 0.217. The van der Waals surface area contributed by atoms with Crippen LogP contribution in [0.25, 0.3) is 21.8 Å². The predicted octanol–water partition coefficient (Wildman–Crippen LogP) is 4.79. The van der Waals surface area contributed by atoms with Crippen LogP contribution in [0.1, 0.15) is 28.5 Å². The lowest BCUT2D eigenvalue weighted by molar-refractivity contribution is 0.0519. The monoisotopic (exact) mass is 390 g/mol. The number of aromatic amines is 1. The van der Waals surface area contributed by atoms with Gasteiger partial charge in [0.2, 0.25) is 0 Å². The third-order valence-electron chi connectivity index (χ3n) is 4.87. The predicted molar refractivity (Wildman–Crippen MR) is 112 cm³/mol. The van der Waals surface area contributed by atoms with E-state index < -0.39 is 5.97 Å². The Morgan fingerprint density at radius 1 is 1.10 bits per heavy atom. The normalized spacial score (nSPS) is 11.0. The van der Waals surface area contributed by atoms with E-state index in [1.54, 1.807) is 20.2 Å². The zero-order chi connectivity index (χ0) is 20.4. The van der Waals surface area contributed by atoms with Gasteiger partial charge in [0.15, 0.2) is 5.69 Å². The van der Waals surface area contributed by atoms with Crippen LogP contribution in [0, 0.1) is 6.92 Å². The number of nitrogens with one attached hydrogen (secondary N) is 1. The number of fused-ring (bicyclic) bond motifs is 3. The molecule has 2 heterocycles. The molecule has 2 aromatic carbocycles. The number of carbonyl (C=O) groups excluding carboxylic acids is 1. The van der Waals surface area contributed by atoms with Gasteiger partial charge in [-0.25, -0.2) is 9.78 Å². The van der Waals surface area contributed by atoms with Gasteiger partial charge in [0, 0.05) is 10.8 Å².